The number of anilines is 1. The Morgan fingerprint density at radius 3 is 2.76 bits per heavy atom. The van der Waals surface area contributed by atoms with Crippen LogP contribution in [0.1, 0.15) is 33.3 Å². The van der Waals surface area contributed by atoms with Crippen LogP contribution in [0.5, 0.6) is 0 Å². The highest BCUT2D eigenvalue weighted by Gasteiger charge is 2.16. The second kappa shape index (κ2) is 6.31. The molecular weight excluding hydrogens is 292 g/mol. The van der Waals surface area contributed by atoms with E-state index in [0.29, 0.717) is 0 Å². The Morgan fingerprint density at radius 1 is 1.38 bits per heavy atom. The van der Waals surface area contributed by atoms with Crippen LogP contribution >= 0.6 is 11.3 Å². The first kappa shape index (κ1) is 14.9. The lowest BCUT2D eigenvalue weighted by Crippen LogP contribution is -2.31. The lowest BCUT2D eigenvalue weighted by molar-refractivity contribution is 0.0692. The number of urea groups is 1. The number of carboxylic acids is 1. The Bertz CT molecular complexity index is 671. The summed E-state index contributed by atoms with van der Waals surface area (Å²) in [6.07, 6.45) is 3.09. The monoisotopic (exact) mass is 306 g/mol. The van der Waals surface area contributed by atoms with Gasteiger partial charge in [-0.25, -0.2) is 19.6 Å². The summed E-state index contributed by atoms with van der Waals surface area (Å²) < 4.78 is 0. The van der Waals surface area contributed by atoms with E-state index < -0.39 is 12.0 Å². The summed E-state index contributed by atoms with van der Waals surface area (Å²) >= 11 is 1.49. The van der Waals surface area contributed by atoms with E-state index in [0.717, 1.165) is 9.88 Å². The number of amides is 2. The molecule has 0 saturated heterocycles. The molecule has 1 unspecified atom stereocenters. The van der Waals surface area contributed by atoms with Gasteiger partial charge in [-0.2, -0.15) is 0 Å². The van der Waals surface area contributed by atoms with Crippen LogP contribution in [0.3, 0.4) is 0 Å². The summed E-state index contributed by atoms with van der Waals surface area (Å²) in [6, 6.07) is 2.25. The van der Waals surface area contributed by atoms with E-state index in [9.17, 15) is 9.59 Å². The second-order valence-electron chi connectivity index (χ2n) is 4.33. The van der Waals surface area contributed by atoms with Gasteiger partial charge in [-0.15, -0.1) is 11.3 Å². The number of carbonyl (C=O) groups excluding carboxylic acids is 1. The predicted octanol–water partition coefficient (Wildman–Crippen LogP) is 2.43. The van der Waals surface area contributed by atoms with Gasteiger partial charge in [-0.1, -0.05) is 0 Å². The van der Waals surface area contributed by atoms with E-state index in [1.807, 2.05) is 6.92 Å². The molecule has 0 aliphatic heterocycles. The molecule has 2 amide bonds. The highest BCUT2D eigenvalue weighted by molar-refractivity contribution is 7.11. The van der Waals surface area contributed by atoms with Crippen LogP contribution in [0.25, 0.3) is 0 Å². The Labute approximate surface area is 125 Å². The molecule has 0 aliphatic rings. The molecule has 0 saturated carbocycles. The molecule has 0 spiro atoms. The smallest absolute Gasteiger partial charge is 0.356 e. The molecule has 2 aromatic heterocycles. The maximum atomic E-state index is 11.9. The van der Waals surface area contributed by atoms with Gasteiger partial charge >= 0.3 is 12.0 Å². The quantitative estimate of drug-likeness (QED) is 0.804. The van der Waals surface area contributed by atoms with Crippen molar-refractivity contribution in [1.82, 2.24) is 15.3 Å². The molecule has 2 aromatic rings. The molecule has 0 bridgehead atoms. The average Bonchev–Trinajstić information content (AvgIpc) is 2.85. The summed E-state index contributed by atoms with van der Waals surface area (Å²) in [5, 5.41) is 15.0. The van der Waals surface area contributed by atoms with Crippen LogP contribution in [-0.2, 0) is 0 Å². The number of thiazole rings is 1. The van der Waals surface area contributed by atoms with Crippen LogP contribution in [0.15, 0.2) is 24.5 Å². The van der Waals surface area contributed by atoms with Crippen molar-refractivity contribution >= 4 is 29.0 Å². The third kappa shape index (κ3) is 3.76. The van der Waals surface area contributed by atoms with Gasteiger partial charge in [-0.3, -0.25) is 0 Å². The number of carbonyl (C=O) groups is 2. The Morgan fingerprint density at radius 2 is 2.14 bits per heavy atom. The molecular formula is C13H14N4O3S. The van der Waals surface area contributed by atoms with Gasteiger partial charge in [0.15, 0.2) is 5.69 Å². The van der Waals surface area contributed by atoms with Gasteiger partial charge in [0.1, 0.15) is 5.01 Å². The number of nitrogens with zero attached hydrogens (tertiary/aromatic N) is 2. The van der Waals surface area contributed by atoms with Gasteiger partial charge in [0.05, 0.1) is 11.7 Å². The zero-order valence-corrected chi connectivity index (χ0v) is 12.3. The highest BCUT2D eigenvalue weighted by atomic mass is 32.1. The third-order valence-corrected chi connectivity index (χ3v) is 3.71. The van der Waals surface area contributed by atoms with E-state index in [2.05, 4.69) is 20.6 Å². The van der Waals surface area contributed by atoms with Crippen molar-refractivity contribution in [1.29, 1.82) is 0 Å². The van der Waals surface area contributed by atoms with Crippen LogP contribution < -0.4 is 10.6 Å². The Kier molecular flexibility index (Phi) is 4.49. The topological polar surface area (TPSA) is 104 Å². The summed E-state index contributed by atoms with van der Waals surface area (Å²) in [5.74, 6) is -1.20. The number of aromatic nitrogens is 2. The molecule has 110 valence electrons. The molecule has 2 rings (SSSR count). The number of rotatable bonds is 4. The van der Waals surface area contributed by atoms with Crippen molar-refractivity contribution in [2.24, 2.45) is 0 Å². The normalized spacial score (nSPS) is 11.7. The molecule has 7 nitrogen and oxygen atoms in total. The largest absolute Gasteiger partial charge is 0.476 e. The minimum Gasteiger partial charge on any atom is -0.476 e. The predicted molar refractivity (Wildman–Crippen MR) is 78.6 cm³/mol. The van der Waals surface area contributed by atoms with Crippen LogP contribution in [0, 0.1) is 6.92 Å². The number of hydrogen-bond acceptors (Lipinski definition) is 5. The fourth-order valence-corrected chi connectivity index (χ4v) is 2.44. The molecule has 0 aromatic carbocycles. The maximum Gasteiger partial charge on any atom is 0.356 e. The summed E-state index contributed by atoms with van der Waals surface area (Å²) in [7, 11) is 0. The number of nitrogens with one attached hydrogen (secondary N) is 2. The van der Waals surface area contributed by atoms with Gasteiger partial charge < -0.3 is 15.7 Å². The molecule has 21 heavy (non-hydrogen) atoms. The fourth-order valence-electron chi connectivity index (χ4n) is 1.67. The number of aryl methyl sites for hydroxylation is 1. The SMILES string of the molecule is Cc1cnc(C(C)NC(=O)Nc2cccnc2C(=O)O)s1. The van der Waals surface area contributed by atoms with Crippen LogP contribution in [0.2, 0.25) is 0 Å². The van der Waals surface area contributed by atoms with Gasteiger partial charge in [0.25, 0.3) is 0 Å². The number of carboxylic acid groups (broad SMARTS) is 1. The summed E-state index contributed by atoms with van der Waals surface area (Å²) in [4.78, 5) is 31.9. The van der Waals surface area contributed by atoms with Crippen LogP contribution in [-0.4, -0.2) is 27.1 Å². The Hall–Kier alpha value is -2.48. The van der Waals surface area contributed by atoms with E-state index in [1.54, 1.807) is 19.2 Å². The molecule has 2 heterocycles. The van der Waals surface area contributed by atoms with Crippen LogP contribution in [0.4, 0.5) is 10.5 Å². The first-order valence-corrected chi connectivity index (χ1v) is 6.97. The maximum absolute atomic E-state index is 11.9. The first-order valence-electron chi connectivity index (χ1n) is 6.15. The lowest BCUT2D eigenvalue weighted by Gasteiger charge is -2.13. The van der Waals surface area contributed by atoms with Crippen molar-refractivity contribution < 1.29 is 14.7 Å². The molecule has 0 radical (unpaired) electrons. The molecule has 0 aliphatic carbocycles. The van der Waals surface area contributed by atoms with Crippen molar-refractivity contribution in [3.05, 3.63) is 40.1 Å². The van der Waals surface area contributed by atoms with Crippen molar-refractivity contribution in [2.75, 3.05) is 5.32 Å². The number of pyridine rings is 1. The zero-order chi connectivity index (χ0) is 15.4. The van der Waals surface area contributed by atoms with Gasteiger partial charge in [0, 0.05) is 17.3 Å². The average molecular weight is 306 g/mol. The van der Waals surface area contributed by atoms with Crippen molar-refractivity contribution in [3.8, 4) is 0 Å². The number of aromatic carboxylic acids is 1. The molecule has 3 N–H and O–H groups in total. The number of hydrogen-bond donors (Lipinski definition) is 3. The minimum absolute atomic E-state index is 0.144. The highest BCUT2D eigenvalue weighted by Crippen LogP contribution is 2.19. The lowest BCUT2D eigenvalue weighted by atomic mass is 10.3. The first-order chi connectivity index (χ1) is 9.97. The van der Waals surface area contributed by atoms with E-state index in [4.69, 9.17) is 5.11 Å². The molecule has 8 heteroatoms. The summed E-state index contributed by atoms with van der Waals surface area (Å²) in [6.45, 7) is 3.74. The summed E-state index contributed by atoms with van der Waals surface area (Å²) in [5.41, 5.74) is -0.0598. The Balaban J connectivity index is 2.04. The standard InChI is InChI=1S/C13H14N4O3S/c1-7-6-15-11(21-7)8(2)16-13(20)17-9-4-3-5-14-10(9)12(18)19/h3-6,8H,1-2H3,(H,18,19)(H2,16,17,20). The third-order valence-electron chi connectivity index (χ3n) is 2.62. The second-order valence-corrected chi connectivity index (χ2v) is 5.60. The zero-order valence-electron chi connectivity index (χ0n) is 11.5. The van der Waals surface area contributed by atoms with Gasteiger partial charge in [-0.05, 0) is 26.0 Å². The molecule has 1 atom stereocenters. The van der Waals surface area contributed by atoms with E-state index in [1.165, 1.54) is 23.6 Å². The minimum atomic E-state index is -1.20. The van der Waals surface area contributed by atoms with E-state index >= 15 is 0 Å². The van der Waals surface area contributed by atoms with Crippen molar-refractivity contribution in [3.63, 3.8) is 0 Å². The molecule has 0 fully saturated rings. The fraction of sp³-hybridized carbons (Fsp3) is 0.231. The van der Waals surface area contributed by atoms with Crippen molar-refractivity contribution in [2.45, 2.75) is 19.9 Å². The van der Waals surface area contributed by atoms with E-state index in [-0.39, 0.29) is 17.4 Å². The van der Waals surface area contributed by atoms with Gasteiger partial charge in [0.2, 0.25) is 0 Å².